The summed E-state index contributed by atoms with van der Waals surface area (Å²) in [6.45, 7) is 3.85. The zero-order valence-electron chi connectivity index (χ0n) is 10.0. The molecule has 0 saturated carbocycles. The van der Waals surface area contributed by atoms with E-state index in [9.17, 15) is 9.59 Å². The maximum atomic E-state index is 11.8. The Morgan fingerprint density at radius 1 is 1.39 bits per heavy atom. The normalized spacial score (nSPS) is 12.3. The lowest BCUT2D eigenvalue weighted by molar-refractivity contribution is -0.116. The lowest BCUT2D eigenvalue weighted by Gasteiger charge is -2.14. The number of carbonyl (C=O) groups is 2. The highest BCUT2D eigenvalue weighted by atomic mass is 79.9. The van der Waals surface area contributed by atoms with E-state index >= 15 is 0 Å². The standard InChI is InChI=1S/C12H14BrClN2O2/c1-6(2)10(13)12(18)16-7-3-4-9(14)8(5-7)11(15)17/h3-6,10H,1-2H3,(H2,15,17)(H,16,18). The van der Waals surface area contributed by atoms with E-state index < -0.39 is 5.91 Å². The predicted molar refractivity (Wildman–Crippen MR) is 76.2 cm³/mol. The molecule has 4 nitrogen and oxygen atoms in total. The molecule has 0 fully saturated rings. The predicted octanol–water partition coefficient (Wildman–Crippen LogP) is 2.80. The molecule has 0 aliphatic heterocycles. The molecule has 0 heterocycles. The third kappa shape index (κ3) is 3.71. The zero-order valence-corrected chi connectivity index (χ0v) is 12.4. The van der Waals surface area contributed by atoms with Gasteiger partial charge in [-0.3, -0.25) is 9.59 Å². The molecule has 0 radical (unpaired) electrons. The van der Waals surface area contributed by atoms with E-state index in [0.29, 0.717) is 5.69 Å². The van der Waals surface area contributed by atoms with Crippen LogP contribution < -0.4 is 11.1 Å². The van der Waals surface area contributed by atoms with E-state index in [4.69, 9.17) is 17.3 Å². The summed E-state index contributed by atoms with van der Waals surface area (Å²) in [5, 5.41) is 2.96. The van der Waals surface area contributed by atoms with E-state index in [0.717, 1.165) is 0 Å². The number of alkyl halides is 1. The number of benzene rings is 1. The highest BCUT2D eigenvalue weighted by molar-refractivity contribution is 9.10. The molecule has 0 aromatic heterocycles. The van der Waals surface area contributed by atoms with Gasteiger partial charge in [-0.1, -0.05) is 41.4 Å². The SMILES string of the molecule is CC(C)C(Br)C(=O)Nc1ccc(Cl)c(C(N)=O)c1. The molecule has 3 N–H and O–H groups in total. The van der Waals surface area contributed by atoms with Crippen LogP contribution in [0.2, 0.25) is 5.02 Å². The monoisotopic (exact) mass is 332 g/mol. The Morgan fingerprint density at radius 2 is 2.00 bits per heavy atom. The second-order valence-electron chi connectivity index (χ2n) is 4.19. The summed E-state index contributed by atoms with van der Waals surface area (Å²) in [5.41, 5.74) is 5.85. The van der Waals surface area contributed by atoms with Gasteiger partial charge in [-0.05, 0) is 24.1 Å². The second kappa shape index (κ2) is 6.20. The molecule has 1 unspecified atom stereocenters. The van der Waals surface area contributed by atoms with Crippen LogP contribution in [0, 0.1) is 5.92 Å². The van der Waals surface area contributed by atoms with Crippen LogP contribution in [0.15, 0.2) is 18.2 Å². The van der Waals surface area contributed by atoms with Crippen molar-refractivity contribution in [3.8, 4) is 0 Å². The van der Waals surface area contributed by atoms with Gasteiger partial charge in [0.1, 0.15) is 0 Å². The molecule has 0 bridgehead atoms. The number of hydrogen-bond donors (Lipinski definition) is 2. The molecule has 98 valence electrons. The van der Waals surface area contributed by atoms with E-state index in [1.54, 1.807) is 6.07 Å². The van der Waals surface area contributed by atoms with Gasteiger partial charge in [0.2, 0.25) is 11.8 Å². The van der Waals surface area contributed by atoms with Crippen molar-refractivity contribution in [2.75, 3.05) is 5.32 Å². The molecule has 1 aromatic carbocycles. The number of rotatable bonds is 4. The van der Waals surface area contributed by atoms with E-state index in [-0.39, 0.29) is 27.2 Å². The van der Waals surface area contributed by atoms with Crippen LogP contribution >= 0.6 is 27.5 Å². The van der Waals surface area contributed by atoms with Crippen molar-refractivity contribution < 1.29 is 9.59 Å². The number of nitrogens with two attached hydrogens (primary N) is 1. The van der Waals surface area contributed by atoms with Crippen molar-refractivity contribution in [2.45, 2.75) is 18.7 Å². The van der Waals surface area contributed by atoms with E-state index in [1.165, 1.54) is 12.1 Å². The van der Waals surface area contributed by atoms with Crippen molar-refractivity contribution in [3.05, 3.63) is 28.8 Å². The van der Waals surface area contributed by atoms with Gasteiger partial charge in [0.05, 0.1) is 15.4 Å². The molecule has 2 amide bonds. The number of hydrogen-bond acceptors (Lipinski definition) is 2. The molecule has 1 rings (SSSR count). The van der Waals surface area contributed by atoms with Crippen molar-refractivity contribution >= 4 is 45.0 Å². The van der Waals surface area contributed by atoms with Gasteiger partial charge in [-0.25, -0.2) is 0 Å². The molecule has 1 atom stereocenters. The summed E-state index contributed by atoms with van der Waals surface area (Å²) < 4.78 is 0. The van der Waals surface area contributed by atoms with Crippen LogP contribution in [0.25, 0.3) is 0 Å². The lowest BCUT2D eigenvalue weighted by atomic mass is 10.1. The van der Waals surface area contributed by atoms with Gasteiger partial charge in [-0.2, -0.15) is 0 Å². The maximum Gasteiger partial charge on any atom is 0.250 e. The van der Waals surface area contributed by atoms with E-state index in [1.807, 2.05) is 13.8 Å². The number of primary amides is 1. The number of carbonyl (C=O) groups excluding carboxylic acids is 2. The largest absolute Gasteiger partial charge is 0.366 e. The minimum absolute atomic E-state index is 0.160. The average Bonchev–Trinajstić information content (AvgIpc) is 2.29. The Kier molecular flexibility index (Phi) is 5.16. The molecule has 0 saturated heterocycles. The summed E-state index contributed by atoms with van der Waals surface area (Å²) in [4.78, 5) is 22.6. The summed E-state index contributed by atoms with van der Waals surface area (Å²) >= 11 is 9.12. The lowest BCUT2D eigenvalue weighted by Crippen LogP contribution is -2.27. The highest BCUT2D eigenvalue weighted by Crippen LogP contribution is 2.21. The third-order valence-electron chi connectivity index (χ3n) is 2.34. The Morgan fingerprint density at radius 3 is 2.50 bits per heavy atom. The van der Waals surface area contributed by atoms with Crippen molar-refractivity contribution in [1.29, 1.82) is 0 Å². The maximum absolute atomic E-state index is 11.8. The van der Waals surface area contributed by atoms with Crippen LogP contribution in [0.1, 0.15) is 24.2 Å². The van der Waals surface area contributed by atoms with Gasteiger partial charge >= 0.3 is 0 Å². The Bertz CT molecular complexity index is 477. The zero-order chi connectivity index (χ0) is 13.9. The number of halogens is 2. The number of anilines is 1. The second-order valence-corrected chi connectivity index (χ2v) is 5.59. The molecule has 6 heteroatoms. The summed E-state index contributed by atoms with van der Waals surface area (Å²) in [6, 6.07) is 4.60. The Labute approximate surface area is 119 Å². The quantitative estimate of drug-likeness (QED) is 0.832. The molecular weight excluding hydrogens is 320 g/mol. The molecule has 1 aromatic rings. The number of amides is 2. The fourth-order valence-electron chi connectivity index (χ4n) is 1.31. The van der Waals surface area contributed by atoms with Gasteiger partial charge in [0.25, 0.3) is 0 Å². The van der Waals surface area contributed by atoms with Gasteiger partial charge in [0, 0.05) is 5.69 Å². The first-order valence-electron chi connectivity index (χ1n) is 5.37. The molecular formula is C12H14BrClN2O2. The first-order chi connectivity index (χ1) is 8.32. The Balaban J connectivity index is 2.89. The van der Waals surface area contributed by atoms with E-state index in [2.05, 4.69) is 21.2 Å². The number of nitrogens with one attached hydrogen (secondary N) is 1. The van der Waals surface area contributed by atoms with Gasteiger partial charge in [0.15, 0.2) is 0 Å². The van der Waals surface area contributed by atoms with Crippen LogP contribution in [0.5, 0.6) is 0 Å². The fourth-order valence-corrected chi connectivity index (χ4v) is 1.63. The van der Waals surface area contributed by atoms with Crippen LogP contribution in [0.3, 0.4) is 0 Å². The molecule has 0 aliphatic rings. The fraction of sp³-hybridized carbons (Fsp3) is 0.333. The summed E-state index contributed by atoms with van der Waals surface area (Å²) in [6.07, 6.45) is 0. The van der Waals surface area contributed by atoms with Crippen molar-refractivity contribution in [2.24, 2.45) is 11.7 Å². The first kappa shape index (κ1) is 15.0. The summed E-state index contributed by atoms with van der Waals surface area (Å²) in [7, 11) is 0. The van der Waals surface area contributed by atoms with Crippen LogP contribution in [-0.4, -0.2) is 16.6 Å². The van der Waals surface area contributed by atoms with Crippen LogP contribution in [0.4, 0.5) is 5.69 Å². The average molecular weight is 334 g/mol. The highest BCUT2D eigenvalue weighted by Gasteiger charge is 2.19. The minimum atomic E-state index is -0.629. The Hall–Kier alpha value is -1.07. The van der Waals surface area contributed by atoms with Crippen molar-refractivity contribution in [1.82, 2.24) is 0 Å². The summed E-state index contributed by atoms with van der Waals surface area (Å²) in [5.74, 6) is -0.647. The minimum Gasteiger partial charge on any atom is -0.366 e. The molecule has 0 spiro atoms. The molecule has 18 heavy (non-hydrogen) atoms. The van der Waals surface area contributed by atoms with Gasteiger partial charge in [-0.15, -0.1) is 0 Å². The van der Waals surface area contributed by atoms with Crippen molar-refractivity contribution in [3.63, 3.8) is 0 Å². The smallest absolute Gasteiger partial charge is 0.250 e. The third-order valence-corrected chi connectivity index (χ3v) is 4.14. The topological polar surface area (TPSA) is 72.2 Å². The van der Waals surface area contributed by atoms with Crippen LogP contribution in [-0.2, 0) is 4.79 Å². The first-order valence-corrected chi connectivity index (χ1v) is 6.66. The van der Waals surface area contributed by atoms with Gasteiger partial charge < -0.3 is 11.1 Å². The molecule has 0 aliphatic carbocycles.